The van der Waals surface area contributed by atoms with Crippen molar-refractivity contribution in [2.24, 2.45) is 0 Å². The SMILES string of the molecule is O=C(NCC(F)(F)c1ccc(-c2ccc(Cl)cc2)cc1Cl)c1cccnc1C(F)(F)F. The molecule has 1 aromatic heterocycles. The number of hydrogen-bond acceptors (Lipinski definition) is 2. The van der Waals surface area contributed by atoms with Gasteiger partial charge in [0.05, 0.1) is 17.1 Å². The number of hydrogen-bond donors (Lipinski definition) is 1. The summed E-state index contributed by atoms with van der Waals surface area (Å²) in [6, 6.07) is 12.5. The molecular weight excluding hydrogens is 462 g/mol. The highest BCUT2D eigenvalue weighted by Crippen LogP contribution is 2.36. The molecule has 1 N–H and O–H groups in total. The van der Waals surface area contributed by atoms with Gasteiger partial charge in [0.1, 0.15) is 0 Å². The van der Waals surface area contributed by atoms with Crippen LogP contribution in [0.3, 0.4) is 0 Å². The maximum absolute atomic E-state index is 14.7. The van der Waals surface area contributed by atoms with E-state index in [1.807, 2.05) is 5.32 Å². The molecule has 0 radical (unpaired) electrons. The van der Waals surface area contributed by atoms with Crippen LogP contribution in [0.1, 0.15) is 21.6 Å². The van der Waals surface area contributed by atoms with Crippen LogP contribution in [0.15, 0.2) is 60.8 Å². The van der Waals surface area contributed by atoms with Gasteiger partial charge in [0.25, 0.3) is 11.8 Å². The van der Waals surface area contributed by atoms with Gasteiger partial charge in [0.2, 0.25) is 0 Å². The molecule has 0 atom stereocenters. The number of pyridine rings is 1. The molecule has 0 saturated heterocycles. The monoisotopic (exact) mass is 474 g/mol. The third-order valence-corrected chi connectivity index (χ3v) is 4.90. The average molecular weight is 475 g/mol. The first-order valence-corrected chi connectivity index (χ1v) is 9.49. The van der Waals surface area contributed by atoms with Crippen LogP contribution in [0.5, 0.6) is 0 Å². The van der Waals surface area contributed by atoms with Crippen LogP contribution in [-0.2, 0) is 12.1 Å². The molecule has 0 fully saturated rings. The van der Waals surface area contributed by atoms with Crippen LogP contribution in [0.2, 0.25) is 10.0 Å². The molecular formula is C21H13Cl2F5N2O. The fraction of sp³-hybridized carbons (Fsp3) is 0.143. The zero-order chi connectivity index (χ0) is 22.8. The van der Waals surface area contributed by atoms with Crippen molar-refractivity contribution < 1.29 is 26.7 Å². The molecule has 0 aliphatic carbocycles. The molecule has 3 rings (SSSR count). The highest BCUT2D eigenvalue weighted by molar-refractivity contribution is 6.32. The number of nitrogens with one attached hydrogen (secondary N) is 1. The van der Waals surface area contributed by atoms with E-state index in [9.17, 15) is 26.7 Å². The summed E-state index contributed by atoms with van der Waals surface area (Å²) in [4.78, 5) is 15.2. The van der Waals surface area contributed by atoms with Gasteiger partial charge >= 0.3 is 6.18 Å². The third kappa shape index (κ3) is 5.32. The number of aromatic nitrogens is 1. The summed E-state index contributed by atoms with van der Waals surface area (Å²) in [6.07, 6.45) is -4.05. The molecule has 0 aliphatic rings. The van der Waals surface area contributed by atoms with E-state index in [4.69, 9.17) is 23.2 Å². The highest BCUT2D eigenvalue weighted by Gasteiger charge is 2.38. The number of carbonyl (C=O) groups excluding carboxylic acids is 1. The Morgan fingerprint density at radius 3 is 2.19 bits per heavy atom. The first kappa shape index (κ1) is 23.0. The van der Waals surface area contributed by atoms with E-state index >= 15 is 0 Å². The van der Waals surface area contributed by atoms with Crippen molar-refractivity contribution >= 4 is 29.1 Å². The minimum atomic E-state index is -4.91. The second kappa shape index (κ2) is 8.80. The van der Waals surface area contributed by atoms with Crippen molar-refractivity contribution in [1.82, 2.24) is 10.3 Å². The van der Waals surface area contributed by atoms with Crippen molar-refractivity contribution in [1.29, 1.82) is 0 Å². The largest absolute Gasteiger partial charge is 0.434 e. The fourth-order valence-electron chi connectivity index (χ4n) is 2.83. The van der Waals surface area contributed by atoms with Gasteiger partial charge in [-0.3, -0.25) is 9.78 Å². The van der Waals surface area contributed by atoms with E-state index in [2.05, 4.69) is 4.98 Å². The second-order valence-corrected chi connectivity index (χ2v) is 7.33. The molecule has 3 aromatic rings. The van der Waals surface area contributed by atoms with Crippen LogP contribution in [0, 0.1) is 0 Å². The lowest BCUT2D eigenvalue weighted by Crippen LogP contribution is -2.36. The zero-order valence-corrected chi connectivity index (χ0v) is 17.0. The summed E-state index contributed by atoms with van der Waals surface area (Å²) in [5, 5.41) is 2.08. The maximum atomic E-state index is 14.7. The predicted molar refractivity (Wildman–Crippen MR) is 107 cm³/mol. The lowest BCUT2D eigenvalue weighted by atomic mass is 10.0. The lowest BCUT2D eigenvalue weighted by molar-refractivity contribution is -0.141. The van der Waals surface area contributed by atoms with Gasteiger partial charge in [0.15, 0.2) is 5.69 Å². The van der Waals surface area contributed by atoms with E-state index in [1.165, 1.54) is 12.1 Å². The number of nitrogens with zero attached hydrogens (tertiary/aromatic N) is 1. The number of benzene rings is 2. The van der Waals surface area contributed by atoms with Crippen LogP contribution in [0.25, 0.3) is 11.1 Å². The molecule has 3 nitrogen and oxygen atoms in total. The minimum Gasteiger partial charge on any atom is -0.346 e. The van der Waals surface area contributed by atoms with Gasteiger partial charge in [-0.1, -0.05) is 47.5 Å². The molecule has 0 unspecified atom stereocenters. The van der Waals surface area contributed by atoms with Crippen molar-refractivity contribution in [3.05, 3.63) is 87.7 Å². The van der Waals surface area contributed by atoms with Crippen molar-refractivity contribution in [3.63, 3.8) is 0 Å². The Morgan fingerprint density at radius 1 is 0.935 bits per heavy atom. The van der Waals surface area contributed by atoms with Crippen LogP contribution in [-0.4, -0.2) is 17.4 Å². The Hall–Kier alpha value is -2.71. The van der Waals surface area contributed by atoms with Crippen molar-refractivity contribution in [3.8, 4) is 11.1 Å². The van der Waals surface area contributed by atoms with E-state index < -0.39 is 41.4 Å². The topological polar surface area (TPSA) is 42.0 Å². The van der Waals surface area contributed by atoms with E-state index in [1.54, 1.807) is 24.3 Å². The molecule has 31 heavy (non-hydrogen) atoms. The quantitative estimate of drug-likeness (QED) is 0.423. The third-order valence-electron chi connectivity index (χ3n) is 4.33. The van der Waals surface area contributed by atoms with Gasteiger partial charge in [-0.2, -0.15) is 22.0 Å². The Balaban J connectivity index is 1.78. The van der Waals surface area contributed by atoms with Crippen LogP contribution >= 0.6 is 23.2 Å². The molecule has 1 heterocycles. The Kier molecular flexibility index (Phi) is 6.52. The number of halogens is 7. The smallest absolute Gasteiger partial charge is 0.346 e. The van der Waals surface area contributed by atoms with E-state index in [0.717, 1.165) is 24.4 Å². The summed E-state index contributed by atoms with van der Waals surface area (Å²) < 4.78 is 68.3. The molecule has 1 amide bonds. The molecule has 10 heteroatoms. The average Bonchev–Trinajstić information content (AvgIpc) is 2.71. The summed E-state index contributed by atoms with van der Waals surface area (Å²) >= 11 is 11.9. The number of carbonyl (C=O) groups is 1. The van der Waals surface area contributed by atoms with Gasteiger partial charge in [0, 0.05) is 16.8 Å². The zero-order valence-electron chi connectivity index (χ0n) is 15.5. The Morgan fingerprint density at radius 2 is 1.58 bits per heavy atom. The summed E-state index contributed by atoms with van der Waals surface area (Å²) in [5.74, 6) is -4.96. The molecule has 162 valence electrons. The first-order chi connectivity index (χ1) is 14.5. The van der Waals surface area contributed by atoms with Gasteiger partial charge in [-0.05, 0) is 41.5 Å². The molecule has 2 aromatic carbocycles. The number of alkyl halides is 5. The molecule has 0 spiro atoms. The molecule has 0 bridgehead atoms. The standard InChI is InChI=1S/C21H13Cl2F5N2O/c22-14-6-3-12(4-7-14)13-5-8-16(17(23)10-13)20(24,25)11-30-19(31)15-2-1-9-29-18(15)21(26,27)28/h1-10H,11H2,(H,30,31). The van der Waals surface area contributed by atoms with Crippen molar-refractivity contribution in [2.75, 3.05) is 6.54 Å². The highest BCUT2D eigenvalue weighted by atomic mass is 35.5. The van der Waals surface area contributed by atoms with E-state index in [-0.39, 0.29) is 5.02 Å². The Labute approximate surface area is 183 Å². The normalized spacial score (nSPS) is 12.0. The summed E-state index contributed by atoms with van der Waals surface area (Å²) in [7, 11) is 0. The van der Waals surface area contributed by atoms with Crippen LogP contribution < -0.4 is 5.32 Å². The Bertz CT molecular complexity index is 1100. The van der Waals surface area contributed by atoms with Gasteiger partial charge in [-0.25, -0.2) is 0 Å². The molecule has 0 aliphatic heterocycles. The van der Waals surface area contributed by atoms with Gasteiger partial charge < -0.3 is 5.32 Å². The molecule has 0 saturated carbocycles. The first-order valence-electron chi connectivity index (χ1n) is 8.73. The maximum Gasteiger partial charge on any atom is 0.434 e. The lowest BCUT2D eigenvalue weighted by Gasteiger charge is -2.20. The predicted octanol–water partition coefficient (Wildman–Crippen LogP) is 6.60. The van der Waals surface area contributed by atoms with E-state index in [0.29, 0.717) is 16.1 Å². The van der Waals surface area contributed by atoms with Crippen molar-refractivity contribution in [2.45, 2.75) is 12.1 Å². The number of amides is 1. The minimum absolute atomic E-state index is 0.260. The summed E-state index contributed by atoms with van der Waals surface area (Å²) in [5.41, 5.74) is -1.62. The number of rotatable bonds is 5. The van der Waals surface area contributed by atoms with Crippen LogP contribution in [0.4, 0.5) is 22.0 Å². The summed E-state index contributed by atoms with van der Waals surface area (Å²) in [6.45, 7) is -1.25. The second-order valence-electron chi connectivity index (χ2n) is 6.49. The van der Waals surface area contributed by atoms with Gasteiger partial charge in [-0.15, -0.1) is 0 Å². The fourth-order valence-corrected chi connectivity index (χ4v) is 3.27.